The molecule has 0 atom stereocenters. The van der Waals surface area contributed by atoms with E-state index < -0.39 is 0 Å². The van der Waals surface area contributed by atoms with E-state index in [2.05, 4.69) is 18.3 Å². The minimum absolute atomic E-state index is 0.921. The lowest BCUT2D eigenvalue weighted by Gasteiger charge is -2.11. The molecule has 44 valence electrons. The zero-order valence-corrected chi connectivity index (χ0v) is 5.72. The van der Waals surface area contributed by atoms with E-state index in [1.165, 1.54) is 5.57 Å². The summed E-state index contributed by atoms with van der Waals surface area (Å²) in [5.41, 5.74) is 1.38. The van der Waals surface area contributed by atoms with Gasteiger partial charge in [0, 0.05) is 13.0 Å². The first kappa shape index (κ1) is 5.76. The fourth-order valence-corrected chi connectivity index (χ4v) is 1.04. The van der Waals surface area contributed by atoms with Crippen LogP contribution in [0.4, 0.5) is 0 Å². The van der Waals surface area contributed by atoms with Gasteiger partial charge in [0.15, 0.2) is 0 Å². The monoisotopic (exact) mass is 127 g/mol. The van der Waals surface area contributed by atoms with Crippen LogP contribution >= 0.6 is 12.2 Å². The Morgan fingerprint density at radius 1 is 1.75 bits per heavy atom. The molecular weight excluding hydrogens is 118 g/mol. The summed E-state index contributed by atoms with van der Waals surface area (Å²) in [5, 5.41) is 3.07. The van der Waals surface area contributed by atoms with Crippen LogP contribution < -0.4 is 5.32 Å². The fraction of sp³-hybridized carbons (Fsp3) is 0.500. The molecule has 8 heavy (non-hydrogen) atoms. The SMILES string of the molecule is CC1=CCNC(=S)C1. The maximum Gasteiger partial charge on any atom is 0.0796 e. The van der Waals surface area contributed by atoms with E-state index >= 15 is 0 Å². The zero-order chi connectivity index (χ0) is 5.98. The lowest BCUT2D eigenvalue weighted by atomic mass is 10.1. The average Bonchev–Trinajstić information content (AvgIpc) is 1.64. The lowest BCUT2D eigenvalue weighted by molar-refractivity contribution is 0.970. The van der Waals surface area contributed by atoms with Crippen molar-refractivity contribution in [2.24, 2.45) is 0 Å². The molecule has 0 aromatic heterocycles. The molecule has 0 bridgehead atoms. The molecule has 0 aromatic carbocycles. The molecule has 0 amide bonds. The second kappa shape index (κ2) is 2.27. The van der Waals surface area contributed by atoms with E-state index in [9.17, 15) is 0 Å². The molecule has 0 radical (unpaired) electrons. The summed E-state index contributed by atoms with van der Waals surface area (Å²) in [7, 11) is 0. The average molecular weight is 127 g/mol. The predicted octanol–water partition coefficient (Wildman–Crippen LogP) is 1.25. The summed E-state index contributed by atoms with van der Waals surface area (Å²) in [6.07, 6.45) is 3.12. The summed E-state index contributed by atoms with van der Waals surface area (Å²) in [4.78, 5) is 0.977. The van der Waals surface area contributed by atoms with E-state index in [1.807, 2.05) is 0 Å². The molecule has 0 spiro atoms. The normalized spacial score (nSPS) is 19.6. The van der Waals surface area contributed by atoms with Crippen molar-refractivity contribution in [3.05, 3.63) is 11.6 Å². The Labute approximate surface area is 54.8 Å². The van der Waals surface area contributed by atoms with E-state index in [4.69, 9.17) is 12.2 Å². The van der Waals surface area contributed by atoms with Crippen LogP contribution in [0, 0.1) is 0 Å². The number of hydrogen-bond acceptors (Lipinski definition) is 1. The van der Waals surface area contributed by atoms with Crippen LogP contribution in [0.3, 0.4) is 0 Å². The molecular formula is C6H9NS. The molecule has 1 nitrogen and oxygen atoms in total. The van der Waals surface area contributed by atoms with Crippen molar-refractivity contribution >= 4 is 17.2 Å². The molecule has 1 N–H and O–H groups in total. The Morgan fingerprint density at radius 3 is 2.88 bits per heavy atom. The van der Waals surface area contributed by atoms with Crippen LogP contribution in [0.15, 0.2) is 11.6 Å². The first-order valence-electron chi connectivity index (χ1n) is 2.71. The Bertz CT molecular complexity index is 137. The molecule has 0 fully saturated rings. The molecule has 0 saturated carbocycles. The Hall–Kier alpha value is -0.370. The van der Waals surface area contributed by atoms with Gasteiger partial charge in [-0.05, 0) is 6.92 Å². The highest BCUT2D eigenvalue weighted by Crippen LogP contribution is 2.03. The Kier molecular flexibility index (Phi) is 1.63. The standard InChI is InChI=1S/C6H9NS/c1-5-2-3-7-6(8)4-5/h2H,3-4H2,1H3,(H,7,8). The number of rotatable bonds is 0. The van der Waals surface area contributed by atoms with Crippen molar-refractivity contribution in [2.75, 3.05) is 6.54 Å². The van der Waals surface area contributed by atoms with Crippen LogP contribution in [-0.2, 0) is 0 Å². The van der Waals surface area contributed by atoms with Gasteiger partial charge in [-0.2, -0.15) is 0 Å². The second-order valence-corrected chi connectivity index (χ2v) is 2.52. The smallest absolute Gasteiger partial charge is 0.0796 e. The minimum atomic E-state index is 0.921. The highest BCUT2D eigenvalue weighted by atomic mass is 32.1. The van der Waals surface area contributed by atoms with Gasteiger partial charge in [-0.3, -0.25) is 0 Å². The molecule has 0 unspecified atom stereocenters. The third-order valence-corrected chi connectivity index (χ3v) is 1.48. The van der Waals surface area contributed by atoms with Gasteiger partial charge in [-0.15, -0.1) is 0 Å². The van der Waals surface area contributed by atoms with Crippen molar-refractivity contribution in [1.29, 1.82) is 0 Å². The van der Waals surface area contributed by atoms with Crippen molar-refractivity contribution in [3.8, 4) is 0 Å². The topological polar surface area (TPSA) is 12.0 Å². The molecule has 1 aliphatic rings. The predicted molar refractivity (Wildman–Crippen MR) is 39.0 cm³/mol. The van der Waals surface area contributed by atoms with Gasteiger partial charge in [0.05, 0.1) is 4.99 Å². The summed E-state index contributed by atoms with van der Waals surface area (Å²) in [6, 6.07) is 0. The molecule has 1 rings (SSSR count). The molecule has 2 heteroatoms. The molecule has 0 aliphatic carbocycles. The zero-order valence-electron chi connectivity index (χ0n) is 4.90. The summed E-state index contributed by atoms with van der Waals surface area (Å²) >= 11 is 4.93. The van der Waals surface area contributed by atoms with Gasteiger partial charge in [-0.1, -0.05) is 23.9 Å². The van der Waals surface area contributed by atoms with Crippen LogP contribution in [0.2, 0.25) is 0 Å². The maximum atomic E-state index is 4.93. The molecule has 0 saturated heterocycles. The van der Waals surface area contributed by atoms with Gasteiger partial charge in [0.1, 0.15) is 0 Å². The van der Waals surface area contributed by atoms with E-state index in [-0.39, 0.29) is 0 Å². The molecule has 1 heterocycles. The Morgan fingerprint density at radius 2 is 2.50 bits per heavy atom. The van der Waals surface area contributed by atoms with Crippen LogP contribution in [0.5, 0.6) is 0 Å². The quantitative estimate of drug-likeness (QED) is 0.388. The van der Waals surface area contributed by atoms with E-state index in [0.29, 0.717) is 0 Å². The Balaban J connectivity index is 2.57. The van der Waals surface area contributed by atoms with Crippen molar-refractivity contribution in [2.45, 2.75) is 13.3 Å². The van der Waals surface area contributed by atoms with Crippen molar-refractivity contribution in [3.63, 3.8) is 0 Å². The van der Waals surface area contributed by atoms with Gasteiger partial charge in [0.25, 0.3) is 0 Å². The van der Waals surface area contributed by atoms with Crippen molar-refractivity contribution in [1.82, 2.24) is 5.32 Å². The largest absolute Gasteiger partial charge is 0.376 e. The fourth-order valence-electron chi connectivity index (χ4n) is 0.727. The lowest BCUT2D eigenvalue weighted by Crippen LogP contribution is -2.25. The number of thiocarbonyl (C=S) groups is 1. The third-order valence-electron chi connectivity index (χ3n) is 1.19. The summed E-state index contributed by atoms with van der Waals surface area (Å²) in [6.45, 7) is 3.03. The van der Waals surface area contributed by atoms with Gasteiger partial charge < -0.3 is 5.32 Å². The van der Waals surface area contributed by atoms with Crippen LogP contribution in [0.1, 0.15) is 13.3 Å². The van der Waals surface area contributed by atoms with Gasteiger partial charge in [-0.25, -0.2) is 0 Å². The molecule has 1 aliphatic heterocycles. The van der Waals surface area contributed by atoms with E-state index in [1.54, 1.807) is 0 Å². The molecule has 0 aromatic rings. The van der Waals surface area contributed by atoms with Crippen molar-refractivity contribution < 1.29 is 0 Å². The highest BCUT2D eigenvalue weighted by molar-refractivity contribution is 7.80. The van der Waals surface area contributed by atoms with Gasteiger partial charge >= 0.3 is 0 Å². The van der Waals surface area contributed by atoms with Gasteiger partial charge in [0.2, 0.25) is 0 Å². The first-order chi connectivity index (χ1) is 3.79. The summed E-state index contributed by atoms with van der Waals surface area (Å²) in [5.74, 6) is 0. The summed E-state index contributed by atoms with van der Waals surface area (Å²) < 4.78 is 0. The van der Waals surface area contributed by atoms with Crippen LogP contribution in [-0.4, -0.2) is 11.5 Å². The second-order valence-electron chi connectivity index (χ2n) is 2.03. The third kappa shape index (κ3) is 1.30. The highest BCUT2D eigenvalue weighted by Gasteiger charge is 2.00. The van der Waals surface area contributed by atoms with E-state index in [0.717, 1.165) is 18.0 Å². The number of nitrogens with one attached hydrogen (secondary N) is 1. The number of hydrogen-bond donors (Lipinski definition) is 1. The first-order valence-corrected chi connectivity index (χ1v) is 3.12. The van der Waals surface area contributed by atoms with Crippen LogP contribution in [0.25, 0.3) is 0 Å². The maximum absolute atomic E-state index is 4.93. The minimum Gasteiger partial charge on any atom is -0.376 e.